The summed E-state index contributed by atoms with van der Waals surface area (Å²) in [5, 5.41) is 10.8. The molecule has 0 bridgehead atoms. The van der Waals surface area contributed by atoms with Crippen molar-refractivity contribution >= 4 is 45.6 Å². The zero-order valence-electron chi connectivity index (χ0n) is 21.8. The Bertz CT molecular complexity index is 1600. The molecule has 1 N–H and O–H groups in total. The van der Waals surface area contributed by atoms with E-state index in [4.69, 9.17) is 9.15 Å². The van der Waals surface area contributed by atoms with E-state index in [9.17, 15) is 14.7 Å². The Morgan fingerprint density at radius 2 is 1.51 bits per heavy atom. The second kappa shape index (κ2) is 12.2. The Balaban J connectivity index is 1.37. The Hall–Kier alpha value is -4.03. The summed E-state index contributed by atoms with van der Waals surface area (Å²) in [6.07, 6.45) is 1.41. The number of unbranched alkanes of at least 4 members (excludes halogenated alkanes) is 1. The van der Waals surface area contributed by atoms with Crippen molar-refractivity contribution in [3.8, 4) is 22.3 Å². The predicted molar refractivity (Wildman–Crippen MR) is 158 cm³/mol. The lowest BCUT2D eigenvalue weighted by Crippen LogP contribution is -2.24. The molecule has 0 aliphatic carbocycles. The van der Waals surface area contributed by atoms with Crippen molar-refractivity contribution in [2.45, 2.75) is 37.2 Å². The van der Waals surface area contributed by atoms with Crippen LogP contribution in [0.1, 0.15) is 31.7 Å². The number of aliphatic carboxylic acids is 1. The molecule has 0 fully saturated rings. The molecule has 0 aliphatic rings. The monoisotopic (exact) mass is 538 g/mol. The van der Waals surface area contributed by atoms with Crippen molar-refractivity contribution in [2.24, 2.45) is 0 Å². The highest BCUT2D eigenvalue weighted by Crippen LogP contribution is 2.37. The molecular formula is C33H30O5S. The minimum absolute atomic E-state index is 0.264. The highest BCUT2D eigenvalue weighted by molar-refractivity contribution is 7.99. The number of hydrogen-bond donors (Lipinski definition) is 1. The number of para-hydroxylation sites is 2. The highest BCUT2D eigenvalue weighted by Gasteiger charge is 2.24. The fraction of sp³-hybridized carbons (Fsp3) is 0.212. The molecule has 4 aromatic carbocycles. The fourth-order valence-corrected chi connectivity index (χ4v) is 5.80. The Labute approximate surface area is 231 Å². The van der Waals surface area contributed by atoms with Crippen LogP contribution in [0, 0.1) is 0 Å². The van der Waals surface area contributed by atoms with E-state index in [0.29, 0.717) is 12.4 Å². The summed E-state index contributed by atoms with van der Waals surface area (Å²) in [5.74, 6) is -0.974. The average Bonchev–Trinajstić information content (AvgIpc) is 3.34. The first-order valence-corrected chi connectivity index (χ1v) is 14.2. The third kappa shape index (κ3) is 6.02. The smallest absolute Gasteiger partial charge is 0.319 e. The number of esters is 1. The highest BCUT2D eigenvalue weighted by atomic mass is 32.2. The molecule has 0 amide bonds. The number of carboxylic acids is 1. The summed E-state index contributed by atoms with van der Waals surface area (Å²) in [5.41, 5.74) is 6.98. The van der Waals surface area contributed by atoms with Gasteiger partial charge in [-0.1, -0.05) is 98.3 Å². The molecule has 39 heavy (non-hydrogen) atoms. The summed E-state index contributed by atoms with van der Waals surface area (Å²) < 4.78 is 11.5. The molecule has 0 aliphatic heterocycles. The molecule has 1 unspecified atom stereocenters. The van der Waals surface area contributed by atoms with Gasteiger partial charge < -0.3 is 14.3 Å². The van der Waals surface area contributed by atoms with E-state index in [1.165, 1.54) is 11.8 Å². The first-order chi connectivity index (χ1) is 19.0. The number of ether oxygens (including phenoxy) is 1. The molecular weight excluding hydrogens is 508 g/mol. The lowest BCUT2D eigenvalue weighted by molar-refractivity contribution is -0.147. The van der Waals surface area contributed by atoms with Crippen molar-refractivity contribution in [1.82, 2.24) is 0 Å². The molecule has 5 nitrogen and oxygen atoms in total. The Kier molecular flexibility index (Phi) is 8.33. The number of carbonyl (C=O) groups is 2. The van der Waals surface area contributed by atoms with Gasteiger partial charge in [0.2, 0.25) is 0 Å². The molecule has 1 aromatic heterocycles. The summed E-state index contributed by atoms with van der Waals surface area (Å²) in [4.78, 5) is 23.9. The van der Waals surface area contributed by atoms with Crippen LogP contribution >= 0.6 is 11.8 Å². The second-order valence-electron chi connectivity index (χ2n) is 9.43. The van der Waals surface area contributed by atoms with Gasteiger partial charge in [-0.05, 0) is 34.7 Å². The largest absolute Gasteiger partial charge is 0.481 e. The van der Waals surface area contributed by atoms with E-state index in [0.717, 1.165) is 62.6 Å². The molecule has 1 atom stereocenters. The number of fused-ring (bicyclic) bond motifs is 3. The maximum atomic E-state index is 12.5. The van der Waals surface area contributed by atoms with Gasteiger partial charge in [-0.15, -0.1) is 11.8 Å². The van der Waals surface area contributed by atoms with Crippen LogP contribution in [-0.4, -0.2) is 28.9 Å². The lowest BCUT2D eigenvalue weighted by atomic mass is 9.97. The van der Waals surface area contributed by atoms with E-state index in [2.05, 4.69) is 54.6 Å². The summed E-state index contributed by atoms with van der Waals surface area (Å²) >= 11 is 1.31. The van der Waals surface area contributed by atoms with Crippen molar-refractivity contribution in [3.05, 3.63) is 96.6 Å². The molecule has 5 aromatic rings. The number of benzene rings is 4. The molecule has 0 radical (unpaired) electrons. The van der Waals surface area contributed by atoms with E-state index < -0.39 is 17.2 Å². The van der Waals surface area contributed by atoms with Gasteiger partial charge in [0.05, 0.1) is 13.0 Å². The van der Waals surface area contributed by atoms with Crippen LogP contribution < -0.4 is 0 Å². The Morgan fingerprint density at radius 3 is 2.28 bits per heavy atom. The third-order valence-corrected chi connectivity index (χ3v) is 7.97. The van der Waals surface area contributed by atoms with Crippen LogP contribution in [0.25, 0.3) is 44.2 Å². The predicted octanol–water partition coefficient (Wildman–Crippen LogP) is 8.34. The van der Waals surface area contributed by atoms with Crippen molar-refractivity contribution in [2.75, 3.05) is 6.61 Å². The summed E-state index contributed by atoms with van der Waals surface area (Å²) in [7, 11) is 0. The number of rotatable bonds is 11. The fourth-order valence-electron chi connectivity index (χ4n) is 4.70. The van der Waals surface area contributed by atoms with Crippen LogP contribution in [0.4, 0.5) is 0 Å². The Morgan fingerprint density at radius 1 is 0.846 bits per heavy atom. The van der Waals surface area contributed by atoms with Crippen LogP contribution in [-0.2, 0) is 20.1 Å². The number of hydrogen-bond acceptors (Lipinski definition) is 5. The summed E-state index contributed by atoms with van der Waals surface area (Å²) in [6, 6.07) is 30.7. The van der Waals surface area contributed by atoms with Gasteiger partial charge >= 0.3 is 11.9 Å². The average molecular weight is 539 g/mol. The first kappa shape index (κ1) is 26.6. The van der Waals surface area contributed by atoms with Crippen LogP contribution in [0.15, 0.2) is 95.4 Å². The van der Waals surface area contributed by atoms with Crippen LogP contribution in [0.2, 0.25) is 0 Å². The maximum Gasteiger partial charge on any atom is 0.319 e. The number of carbonyl (C=O) groups excluding carboxylic acids is 1. The van der Waals surface area contributed by atoms with Crippen molar-refractivity contribution < 1.29 is 23.8 Å². The minimum Gasteiger partial charge on any atom is -0.481 e. The van der Waals surface area contributed by atoms with Crippen LogP contribution in [0.5, 0.6) is 0 Å². The maximum absolute atomic E-state index is 12.5. The van der Waals surface area contributed by atoms with Gasteiger partial charge in [-0.3, -0.25) is 9.59 Å². The molecule has 198 valence electrons. The number of thioether (sulfide) groups is 1. The van der Waals surface area contributed by atoms with Gasteiger partial charge in [0.25, 0.3) is 0 Å². The van der Waals surface area contributed by atoms with Crippen molar-refractivity contribution in [1.29, 1.82) is 0 Å². The zero-order chi connectivity index (χ0) is 27.2. The molecule has 0 saturated carbocycles. The van der Waals surface area contributed by atoms with E-state index in [1.54, 1.807) is 0 Å². The van der Waals surface area contributed by atoms with Crippen molar-refractivity contribution in [3.63, 3.8) is 0 Å². The van der Waals surface area contributed by atoms with E-state index in [1.807, 2.05) is 43.3 Å². The topological polar surface area (TPSA) is 76.7 Å². The number of furan rings is 1. The van der Waals surface area contributed by atoms with Gasteiger partial charge in [0.1, 0.15) is 16.4 Å². The lowest BCUT2D eigenvalue weighted by Gasteiger charge is -2.16. The first-order valence-electron chi connectivity index (χ1n) is 13.1. The standard InChI is InChI=1S/C33H30O5S/c1-2-3-19-37-33(36)30(20-31(34)35)39-21-24-9-4-5-10-25(24)22-15-17-23(18-16-22)26-12-8-13-28-27-11-6-7-14-29(27)38-32(26)28/h4-18,30H,2-3,19-21H2,1H3,(H,34,35). The van der Waals surface area contributed by atoms with Gasteiger partial charge in [0.15, 0.2) is 0 Å². The molecule has 5 rings (SSSR count). The van der Waals surface area contributed by atoms with Crippen LogP contribution in [0.3, 0.4) is 0 Å². The molecule has 1 heterocycles. The van der Waals surface area contributed by atoms with Gasteiger partial charge in [-0.25, -0.2) is 0 Å². The van der Waals surface area contributed by atoms with Gasteiger partial charge in [-0.2, -0.15) is 0 Å². The normalized spacial score (nSPS) is 12.0. The number of carboxylic acid groups (broad SMARTS) is 1. The van der Waals surface area contributed by atoms with Gasteiger partial charge in [0, 0.05) is 22.1 Å². The molecule has 0 spiro atoms. The summed E-state index contributed by atoms with van der Waals surface area (Å²) in [6.45, 7) is 2.33. The quantitative estimate of drug-likeness (QED) is 0.135. The third-order valence-electron chi connectivity index (χ3n) is 6.73. The van der Waals surface area contributed by atoms with E-state index in [-0.39, 0.29) is 6.42 Å². The minimum atomic E-state index is -1.01. The zero-order valence-corrected chi connectivity index (χ0v) is 22.6. The van der Waals surface area contributed by atoms with E-state index >= 15 is 0 Å². The molecule has 0 saturated heterocycles. The SMILES string of the molecule is CCCCOC(=O)C(CC(=O)O)SCc1ccccc1-c1ccc(-c2cccc3c2oc2ccccc23)cc1. The molecule has 6 heteroatoms. The second-order valence-corrected chi connectivity index (χ2v) is 10.6.